The van der Waals surface area contributed by atoms with Crippen molar-refractivity contribution in [3.8, 4) is 11.1 Å². The number of benzene rings is 1. The maximum Gasteiger partial charge on any atom is 0.225 e. The zero-order chi connectivity index (χ0) is 17.6. The van der Waals surface area contributed by atoms with Gasteiger partial charge in [-0.3, -0.25) is 0 Å². The Morgan fingerprint density at radius 1 is 1.08 bits per heavy atom. The molecule has 3 heterocycles. The van der Waals surface area contributed by atoms with Gasteiger partial charge in [-0.2, -0.15) is 4.98 Å². The van der Waals surface area contributed by atoms with Crippen LogP contribution in [-0.2, 0) is 0 Å². The average Bonchev–Trinajstić information content (AvgIpc) is 2.93. The zero-order valence-electron chi connectivity index (χ0n) is 14.7. The smallest absolute Gasteiger partial charge is 0.225 e. The molecule has 4 rings (SSSR count). The van der Waals surface area contributed by atoms with Crippen LogP contribution < -0.4 is 10.2 Å². The highest BCUT2D eigenvalue weighted by Gasteiger charge is 2.22. The Kier molecular flexibility index (Phi) is 4.40. The highest BCUT2D eigenvalue weighted by atomic mass is 35.5. The highest BCUT2D eigenvalue weighted by molar-refractivity contribution is 7.19. The second-order valence-electron chi connectivity index (χ2n) is 6.57. The summed E-state index contributed by atoms with van der Waals surface area (Å²) in [5.74, 6) is 0.967. The van der Waals surface area contributed by atoms with E-state index in [1.165, 1.54) is 27.1 Å². The van der Waals surface area contributed by atoms with Crippen molar-refractivity contribution in [3.63, 3.8) is 0 Å². The summed E-state index contributed by atoms with van der Waals surface area (Å²) in [6, 6.07) is 6.65. The van der Waals surface area contributed by atoms with Gasteiger partial charge < -0.3 is 10.2 Å². The fourth-order valence-electron chi connectivity index (χ4n) is 3.42. The number of rotatable bonds is 2. The zero-order valence-corrected chi connectivity index (χ0v) is 16.3. The molecule has 0 radical (unpaired) electrons. The van der Waals surface area contributed by atoms with Gasteiger partial charge in [0, 0.05) is 36.6 Å². The van der Waals surface area contributed by atoms with E-state index in [2.05, 4.69) is 59.2 Å². The first-order valence-electron chi connectivity index (χ1n) is 8.54. The number of anilines is 1. The van der Waals surface area contributed by atoms with Crippen molar-refractivity contribution in [1.29, 1.82) is 0 Å². The third kappa shape index (κ3) is 3.01. The van der Waals surface area contributed by atoms with Gasteiger partial charge in [0.1, 0.15) is 10.6 Å². The summed E-state index contributed by atoms with van der Waals surface area (Å²) in [6.45, 7) is 10.3. The monoisotopic (exact) mass is 372 g/mol. The van der Waals surface area contributed by atoms with Crippen LogP contribution in [0.25, 0.3) is 21.3 Å². The lowest BCUT2D eigenvalue weighted by Gasteiger charge is -2.29. The molecule has 6 heteroatoms. The third-order valence-corrected chi connectivity index (χ3v) is 6.06. The van der Waals surface area contributed by atoms with E-state index in [-0.39, 0.29) is 0 Å². The van der Waals surface area contributed by atoms with Gasteiger partial charge in [-0.15, -0.1) is 11.3 Å². The van der Waals surface area contributed by atoms with E-state index in [1.807, 2.05) is 0 Å². The van der Waals surface area contributed by atoms with Crippen molar-refractivity contribution in [2.75, 3.05) is 31.1 Å². The van der Waals surface area contributed by atoms with Gasteiger partial charge in [0.25, 0.3) is 0 Å². The maximum absolute atomic E-state index is 6.24. The number of thiophene rings is 1. The molecule has 4 nitrogen and oxygen atoms in total. The first kappa shape index (κ1) is 16.8. The maximum atomic E-state index is 6.24. The Hall–Kier alpha value is -1.69. The number of hydrogen-bond acceptors (Lipinski definition) is 5. The Morgan fingerprint density at radius 2 is 1.84 bits per heavy atom. The summed E-state index contributed by atoms with van der Waals surface area (Å²) in [6.07, 6.45) is 0. The molecular formula is C19H21ClN4S. The molecule has 0 unspecified atom stereocenters. The number of hydrogen-bond donors (Lipinski definition) is 1. The fraction of sp³-hybridized carbons (Fsp3) is 0.368. The van der Waals surface area contributed by atoms with Crippen molar-refractivity contribution in [1.82, 2.24) is 15.3 Å². The second kappa shape index (κ2) is 6.56. The minimum absolute atomic E-state index is 0.328. The number of nitrogens with zero attached hydrogens (tertiary/aromatic N) is 3. The van der Waals surface area contributed by atoms with E-state index in [9.17, 15) is 0 Å². The predicted octanol–water partition coefficient (Wildman–Crippen LogP) is 4.35. The lowest BCUT2D eigenvalue weighted by Crippen LogP contribution is -2.44. The molecule has 1 aromatic carbocycles. The molecule has 0 atom stereocenters. The minimum atomic E-state index is 0.328. The van der Waals surface area contributed by atoms with Gasteiger partial charge >= 0.3 is 0 Å². The Bertz CT molecular complexity index is 944. The quantitative estimate of drug-likeness (QED) is 0.679. The topological polar surface area (TPSA) is 41.1 Å². The molecule has 1 N–H and O–H groups in total. The van der Waals surface area contributed by atoms with Gasteiger partial charge in [0.2, 0.25) is 5.28 Å². The van der Waals surface area contributed by atoms with E-state index >= 15 is 0 Å². The lowest BCUT2D eigenvalue weighted by atomic mass is 9.99. The molecule has 2 aromatic heterocycles. The molecular weight excluding hydrogens is 352 g/mol. The summed E-state index contributed by atoms with van der Waals surface area (Å²) < 4.78 is 0. The summed E-state index contributed by atoms with van der Waals surface area (Å²) in [4.78, 5) is 13.7. The van der Waals surface area contributed by atoms with Gasteiger partial charge in [0.05, 0.1) is 5.39 Å². The van der Waals surface area contributed by atoms with E-state index in [4.69, 9.17) is 11.6 Å². The second-order valence-corrected chi connectivity index (χ2v) is 8.11. The standard InChI is InChI=1S/C19H21ClN4S/c1-11-4-5-14(10-12(11)2)15-13(3)25-18-16(15)17(22-19(20)23-18)24-8-6-21-7-9-24/h4-5,10,21H,6-9H2,1-3H3. The van der Waals surface area contributed by atoms with Crippen LogP contribution in [0.1, 0.15) is 16.0 Å². The largest absolute Gasteiger partial charge is 0.353 e. The molecule has 0 spiro atoms. The number of aromatic nitrogens is 2. The molecule has 130 valence electrons. The molecule has 0 saturated carbocycles. The number of piperazine rings is 1. The lowest BCUT2D eigenvalue weighted by molar-refractivity contribution is 0.586. The first-order valence-corrected chi connectivity index (χ1v) is 9.74. The number of halogens is 1. The van der Waals surface area contributed by atoms with Gasteiger partial charge in [0.15, 0.2) is 0 Å². The van der Waals surface area contributed by atoms with Crippen LogP contribution in [0, 0.1) is 20.8 Å². The molecule has 1 saturated heterocycles. The van der Waals surface area contributed by atoms with Crippen LogP contribution in [0.15, 0.2) is 18.2 Å². The molecule has 0 bridgehead atoms. The summed E-state index contributed by atoms with van der Waals surface area (Å²) in [7, 11) is 0. The van der Waals surface area contributed by atoms with E-state index < -0.39 is 0 Å². The minimum Gasteiger partial charge on any atom is -0.353 e. The van der Waals surface area contributed by atoms with Gasteiger partial charge in [-0.05, 0) is 49.1 Å². The molecule has 3 aromatic rings. The molecule has 0 amide bonds. The predicted molar refractivity (Wildman–Crippen MR) is 107 cm³/mol. The fourth-order valence-corrected chi connectivity index (χ4v) is 4.67. The average molecular weight is 373 g/mol. The summed E-state index contributed by atoms with van der Waals surface area (Å²) in [5.41, 5.74) is 5.08. The van der Waals surface area contributed by atoms with Gasteiger partial charge in [-0.1, -0.05) is 18.2 Å². The molecule has 1 fully saturated rings. The first-order chi connectivity index (χ1) is 12.0. The van der Waals surface area contributed by atoms with Crippen LogP contribution in [0.3, 0.4) is 0 Å². The number of fused-ring (bicyclic) bond motifs is 1. The van der Waals surface area contributed by atoms with Gasteiger partial charge in [-0.25, -0.2) is 4.98 Å². The summed E-state index contributed by atoms with van der Waals surface area (Å²) in [5, 5.41) is 4.86. The van der Waals surface area contributed by atoms with Crippen LogP contribution in [0.4, 0.5) is 5.82 Å². The SMILES string of the molecule is Cc1ccc(-c2c(C)sc3nc(Cl)nc(N4CCNCC4)c23)cc1C. The van der Waals surface area contributed by atoms with Crippen LogP contribution >= 0.6 is 22.9 Å². The summed E-state index contributed by atoms with van der Waals surface area (Å²) >= 11 is 7.94. The van der Waals surface area contributed by atoms with E-state index in [0.717, 1.165) is 42.2 Å². The molecule has 1 aliphatic rings. The highest BCUT2D eigenvalue weighted by Crippen LogP contribution is 2.42. The molecule has 0 aliphatic carbocycles. The number of aryl methyl sites for hydroxylation is 3. The van der Waals surface area contributed by atoms with E-state index in [0.29, 0.717) is 5.28 Å². The Balaban J connectivity index is 1.97. The normalized spacial score (nSPS) is 15.1. The van der Waals surface area contributed by atoms with Crippen molar-refractivity contribution < 1.29 is 0 Å². The van der Waals surface area contributed by atoms with Crippen LogP contribution in [0.5, 0.6) is 0 Å². The Labute approximate surface area is 156 Å². The molecule has 25 heavy (non-hydrogen) atoms. The van der Waals surface area contributed by atoms with Crippen molar-refractivity contribution in [2.45, 2.75) is 20.8 Å². The van der Waals surface area contributed by atoms with Crippen LogP contribution in [0.2, 0.25) is 5.28 Å². The van der Waals surface area contributed by atoms with Crippen molar-refractivity contribution in [2.24, 2.45) is 0 Å². The van der Waals surface area contributed by atoms with Crippen molar-refractivity contribution in [3.05, 3.63) is 39.5 Å². The van der Waals surface area contributed by atoms with Crippen molar-refractivity contribution >= 4 is 39.0 Å². The third-order valence-electron chi connectivity index (χ3n) is 4.89. The Morgan fingerprint density at radius 3 is 2.56 bits per heavy atom. The molecule has 1 aliphatic heterocycles. The van der Waals surface area contributed by atoms with E-state index in [1.54, 1.807) is 11.3 Å². The number of nitrogens with one attached hydrogen (secondary N) is 1. The van der Waals surface area contributed by atoms with Crippen LogP contribution in [-0.4, -0.2) is 36.1 Å².